The minimum atomic E-state index is -3.41. The van der Waals surface area contributed by atoms with E-state index < -0.39 is 15.9 Å². The van der Waals surface area contributed by atoms with E-state index in [-0.39, 0.29) is 12.4 Å². The van der Waals surface area contributed by atoms with E-state index in [9.17, 15) is 13.2 Å². The van der Waals surface area contributed by atoms with Crippen LogP contribution in [0.15, 0.2) is 28.7 Å². The van der Waals surface area contributed by atoms with Crippen molar-refractivity contribution in [3.63, 3.8) is 0 Å². The number of carbonyl (C=O) groups is 1. The van der Waals surface area contributed by atoms with Crippen molar-refractivity contribution in [2.24, 2.45) is 0 Å². The molecular formula is C15H18N2O5S. The van der Waals surface area contributed by atoms with Crippen molar-refractivity contribution in [2.75, 3.05) is 16.3 Å². The van der Waals surface area contributed by atoms with Gasteiger partial charge in [-0.3, -0.25) is 9.52 Å². The predicted molar refractivity (Wildman–Crippen MR) is 87.0 cm³/mol. The van der Waals surface area contributed by atoms with Crippen LogP contribution in [0.4, 0.5) is 11.4 Å². The number of aliphatic hydroxyl groups is 1. The molecule has 0 unspecified atom stereocenters. The summed E-state index contributed by atoms with van der Waals surface area (Å²) in [6, 6.07) is 6.46. The zero-order chi connectivity index (χ0) is 17.2. The smallest absolute Gasteiger partial charge is 0.291 e. The van der Waals surface area contributed by atoms with Gasteiger partial charge in [0.1, 0.15) is 12.4 Å². The summed E-state index contributed by atoms with van der Waals surface area (Å²) in [4.78, 5) is 12.2. The first-order valence-electron chi connectivity index (χ1n) is 6.79. The van der Waals surface area contributed by atoms with E-state index >= 15 is 0 Å². The van der Waals surface area contributed by atoms with E-state index in [0.29, 0.717) is 22.7 Å². The van der Waals surface area contributed by atoms with Crippen molar-refractivity contribution in [3.05, 3.63) is 46.9 Å². The van der Waals surface area contributed by atoms with Crippen molar-refractivity contribution in [3.8, 4) is 0 Å². The largest absolute Gasteiger partial charge is 0.453 e. The highest BCUT2D eigenvalue weighted by molar-refractivity contribution is 7.92. The number of nitrogens with one attached hydrogen (secondary N) is 2. The molecule has 0 saturated heterocycles. The van der Waals surface area contributed by atoms with Gasteiger partial charge in [0.15, 0.2) is 5.76 Å². The van der Waals surface area contributed by atoms with E-state index in [1.165, 1.54) is 6.07 Å². The minimum Gasteiger partial charge on any atom is -0.453 e. The van der Waals surface area contributed by atoms with Gasteiger partial charge in [0.05, 0.1) is 11.9 Å². The number of hydrogen-bond donors (Lipinski definition) is 3. The highest BCUT2D eigenvalue weighted by atomic mass is 32.2. The second kappa shape index (κ2) is 6.43. The van der Waals surface area contributed by atoms with Crippen molar-refractivity contribution in [1.29, 1.82) is 0 Å². The van der Waals surface area contributed by atoms with Crippen LogP contribution in [0, 0.1) is 13.8 Å². The second-order valence-electron chi connectivity index (χ2n) is 5.24. The summed E-state index contributed by atoms with van der Waals surface area (Å²) in [5.74, 6) is -0.0698. The molecule has 0 radical (unpaired) electrons. The first-order chi connectivity index (χ1) is 10.7. The third-order valence-corrected chi connectivity index (χ3v) is 3.71. The molecule has 3 N–H and O–H groups in total. The Kier molecular flexibility index (Phi) is 4.76. The Bertz CT molecular complexity index is 840. The van der Waals surface area contributed by atoms with Crippen LogP contribution >= 0.6 is 0 Å². The summed E-state index contributed by atoms with van der Waals surface area (Å²) in [7, 11) is -3.41. The van der Waals surface area contributed by atoms with Gasteiger partial charge in [-0.2, -0.15) is 0 Å². The Morgan fingerprint density at radius 2 is 1.91 bits per heavy atom. The summed E-state index contributed by atoms with van der Waals surface area (Å²) in [6.07, 6.45) is 1.06. The molecule has 124 valence electrons. The summed E-state index contributed by atoms with van der Waals surface area (Å²) in [6.45, 7) is 3.16. The second-order valence-corrected chi connectivity index (χ2v) is 6.99. The van der Waals surface area contributed by atoms with Gasteiger partial charge in [0.2, 0.25) is 10.0 Å². The molecular weight excluding hydrogens is 320 g/mol. The molecule has 1 aromatic carbocycles. The molecule has 23 heavy (non-hydrogen) atoms. The summed E-state index contributed by atoms with van der Waals surface area (Å²) < 4.78 is 30.4. The molecule has 0 saturated carbocycles. The fraction of sp³-hybridized carbons (Fsp3) is 0.267. The van der Waals surface area contributed by atoms with Gasteiger partial charge in [0, 0.05) is 11.3 Å². The van der Waals surface area contributed by atoms with Gasteiger partial charge in [-0.25, -0.2) is 8.42 Å². The molecule has 7 nitrogen and oxygen atoms in total. The van der Waals surface area contributed by atoms with Crippen LogP contribution in [0.2, 0.25) is 0 Å². The van der Waals surface area contributed by atoms with Crippen LogP contribution in [0.3, 0.4) is 0 Å². The maximum absolute atomic E-state index is 12.2. The van der Waals surface area contributed by atoms with Crippen LogP contribution in [0.25, 0.3) is 0 Å². The number of sulfonamides is 1. The third kappa shape index (κ3) is 4.33. The molecule has 2 aromatic rings. The topological polar surface area (TPSA) is 109 Å². The first kappa shape index (κ1) is 17.0. The Labute approximate surface area is 134 Å². The number of rotatable bonds is 5. The summed E-state index contributed by atoms with van der Waals surface area (Å²) in [5.41, 5.74) is 2.14. The number of benzene rings is 1. The monoisotopic (exact) mass is 338 g/mol. The Hall–Kier alpha value is -2.32. The number of furan rings is 1. The number of amides is 1. The van der Waals surface area contributed by atoms with Gasteiger partial charge in [0.25, 0.3) is 5.91 Å². The third-order valence-electron chi connectivity index (χ3n) is 3.12. The van der Waals surface area contributed by atoms with Crippen LogP contribution in [0.5, 0.6) is 0 Å². The normalized spacial score (nSPS) is 11.3. The molecule has 0 aliphatic heterocycles. The first-order valence-corrected chi connectivity index (χ1v) is 8.68. The minimum absolute atomic E-state index is 0.104. The zero-order valence-corrected chi connectivity index (χ0v) is 13.8. The highest BCUT2D eigenvalue weighted by Crippen LogP contribution is 2.23. The Morgan fingerprint density at radius 1 is 1.22 bits per heavy atom. The number of aliphatic hydroxyl groups excluding tert-OH is 1. The van der Waals surface area contributed by atoms with E-state index in [2.05, 4.69) is 10.0 Å². The molecule has 0 aliphatic carbocycles. The van der Waals surface area contributed by atoms with Gasteiger partial charge in [-0.05, 0) is 37.6 Å². The van der Waals surface area contributed by atoms with E-state index in [0.717, 1.165) is 11.8 Å². The van der Waals surface area contributed by atoms with Crippen LogP contribution in [-0.4, -0.2) is 25.7 Å². The van der Waals surface area contributed by atoms with E-state index in [1.54, 1.807) is 32.0 Å². The lowest BCUT2D eigenvalue weighted by Gasteiger charge is -2.10. The maximum Gasteiger partial charge on any atom is 0.291 e. The van der Waals surface area contributed by atoms with Crippen molar-refractivity contribution >= 4 is 27.3 Å². The molecule has 0 fully saturated rings. The average molecular weight is 338 g/mol. The fourth-order valence-corrected chi connectivity index (χ4v) is 2.67. The van der Waals surface area contributed by atoms with Gasteiger partial charge in [-0.1, -0.05) is 6.07 Å². The maximum atomic E-state index is 12.2. The standard InChI is InChI=1S/C15H18N2O5S/c1-9-4-5-11(7-13(9)17-23(3,20)21)16-15(19)14-10(2)6-12(8-18)22-14/h4-7,17-18H,8H2,1-3H3,(H,16,19). The highest BCUT2D eigenvalue weighted by Gasteiger charge is 2.16. The molecule has 0 aliphatic rings. The fourth-order valence-electron chi connectivity index (χ4n) is 2.05. The summed E-state index contributed by atoms with van der Waals surface area (Å²) >= 11 is 0. The number of carbonyl (C=O) groups excluding carboxylic acids is 1. The number of hydrogen-bond acceptors (Lipinski definition) is 5. The van der Waals surface area contributed by atoms with Crippen molar-refractivity contribution in [1.82, 2.24) is 0 Å². The lowest BCUT2D eigenvalue weighted by Crippen LogP contribution is -2.14. The quantitative estimate of drug-likeness (QED) is 0.773. The molecule has 0 spiro atoms. The van der Waals surface area contributed by atoms with Crippen LogP contribution in [0.1, 0.15) is 27.4 Å². The van der Waals surface area contributed by atoms with E-state index in [4.69, 9.17) is 9.52 Å². The Morgan fingerprint density at radius 3 is 2.48 bits per heavy atom. The van der Waals surface area contributed by atoms with Gasteiger partial charge < -0.3 is 14.8 Å². The van der Waals surface area contributed by atoms with Gasteiger partial charge >= 0.3 is 0 Å². The lowest BCUT2D eigenvalue weighted by atomic mass is 10.2. The van der Waals surface area contributed by atoms with Gasteiger partial charge in [-0.15, -0.1) is 0 Å². The predicted octanol–water partition coefficient (Wildman–Crippen LogP) is 2.01. The molecule has 0 atom stereocenters. The molecule has 1 heterocycles. The number of anilines is 2. The lowest BCUT2D eigenvalue weighted by molar-refractivity contribution is 0.0991. The molecule has 1 aromatic heterocycles. The van der Waals surface area contributed by atoms with Crippen molar-refractivity contribution in [2.45, 2.75) is 20.5 Å². The number of aryl methyl sites for hydroxylation is 2. The molecule has 8 heteroatoms. The molecule has 1 amide bonds. The Balaban J connectivity index is 2.24. The van der Waals surface area contributed by atoms with E-state index in [1.807, 2.05) is 0 Å². The summed E-state index contributed by atoms with van der Waals surface area (Å²) in [5, 5.41) is 11.7. The molecule has 0 bridgehead atoms. The SMILES string of the molecule is Cc1ccc(NC(=O)c2oc(CO)cc2C)cc1NS(C)(=O)=O. The van der Waals surface area contributed by atoms with Crippen LogP contribution < -0.4 is 10.0 Å². The average Bonchev–Trinajstić information content (AvgIpc) is 2.82. The molecule has 2 rings (SSSR count). The van der Waals surface area contributed by atoms with Crippen LogP contribution in [-0.2, 0) is 16.6 Å². The van der Waals surface area contributed by atoms with Crippen molar-refractivity contribution < 1.29 is 22.7 Å². The zero-order valence-electron chi connectivity index (χ0n) is 13.0.